The molecule has 0 spiro atoms. The second-order valence-corrected chi connectivity index (χ2v) is 4.31. The van der Waals surface area contributed by atoms with Crippen LogP contribution in [0.4, 0.5) is 0 Å². The van der Waals surface area contributed by atoms with Crippen LogP contribution in [0.15, 0.2) is 0 Å². The molecule has 0 aromatic carbocycles. The molecule has 0 radical (unpaired) electrons. The van der Waals surface area contributed by atoms with Crippen molar-refractivity contribution >= 4 is 11.8 Å². The predicted octanol–water partition coefficient (Wildman–Crippen LogP) is 2.93. The molecule has 9 heavy (non-hydrogen) atoms. The van der Waals surface area contributed by atoms with Crippen molar-refractivity contribution in [2.45, 2.75) is 38.4 Å². The molecule has 1 heterocycles. The first-order chi connectivity index (χ1) is 4.34. The van der Waals surface area contributed by atoms with Crippen molar-refractivity contribution in [3.8, 4) is 0 Å². The maximum atomic E-state index is 2.39. The quantitative estimate of drug-likeness (QED) is 0.574. The van der Waals surface area contributed by atoms with Gasteiger partial charge in [0, 0.05) is 5.25 Å². The molecule has 1 rings (SSSR count). The molecule has 2 atom stereocenters. The number of hydrogen-bond donors (Lipinski definition) is 0. The highest BCUT2D eigenvalue weighted by atomic mass is 32.2. The number of hydrogen-bond acceptors (Lipinski definition) is 1. The van der Waals surface area contributed by atoms with Gasteiger partial charge >= 0.3 is 0 Å². The Balaban J connectivity index is 2.22. The summed E-state index contributed by atoms with van der Waals surface area (Å²) >= 11 is 2.18. The Labute approximate surface area is 62.4 Å². The van der Waals surface area contributed by atoms with E-state index < -0.39 is 0 Å². The van der Waals surface area contributed by atoms with E-state index in [-0.39, 0.29) is 0 Å². The minimum atomic E-state index is 0.995. The van der Waals surface area contributed by atoms with Gasteiger partial charge in [-0.2, -0.15) is 11.8 Å². The molecule has 1 aliphatic heterocycles. The molecule has 0 N–H and O–H groups in total. The first kappa shape index (κ1) is 7.46. The van der Waals surface area contributed by atoms with Crippen molar-refractivity contribution in [3.05, 3.63) is 0 Å². The second-order valence-electron chi connectivity index (χ2n) is 2.96. The van der Waals surface area contributed by atoms with E-state index in [9.17, 15) is 0 Å². The van der Waals surface area contributed by atoms with E-state index in [2.05, 4.69) is 25.6 Å². The summed E-state index contributed by atoms with van der Waals surface area (Å²) in [4.78, 5) is 0. The van der Waals surface area contributed by atoms with Gasteiger partial charge in [-0.1, -0.05) is 20.3 Å². The van der Waals surface area contributed by atoms with Crippen LogP contribution in [0.5, 0.6) is 0 Å². The molecular formula is C8H16S. The zero-order valence-corrected chi connectivity index (χ0v) is 7.21. The number of thioether (sulfide) groups is 1. The van der Waals surface area contributed by atoms with E-state index in [4.69, 9.17) is 0 Å². The molecule has 1 fully saturated rings. The van der Waals surface area contributed by atoms with E-state index in [1.54, 1.807) is 0 Å². The highest BCUT2D eigenvalue weighted by Crippen LogP contribution is 2.34. The van der Waals surface area contributed by atoms with Gasteiger partial charge < -0.3 is 0 Å². The highest BCUT2D eigenvalue weighted by Gasteiger charge is 2.22. The summed E-state index contributed by atoms with van der Waals surface area (Å²) in [6, 6.07) is 0. The summed E-state index contributed by atoms with van der Waals surface area (Å²) in [5.74, 6) is 2.40. The van der Waals surface area contributed by atoms with Crippen molar-refractivity contribution in [3.63, 3.8) is 0 Å². The Hall–Kier alpha value is 0.350. The number of rotatable bonds is 2. The van der Waals surface area contributed by atoms with Crippen LogP contribution >= 0.6 is 11.8 Å². The lowest BCUT2D eigenvalue weighted by Crippen LogP contribution is -2.06. The van der Waals surface area contributed by atoms with E-state index in [0.29, 0.717) is 0 Å². The molecule has 1 heteroatoms. The van der Waals surface area contributed by atoms with Crippen LogP contribution in [-0.2, 0) is 0 Å². The van der Waals surface area contributed by atoms with Crippen molar-refractivity contribution in [2.75, 3.05) is 5.75 Å². The standard InChI is InChI=1S/C8H16S/c1-3-4-8-7(2)5-6-9-8/h7-8H,3-6H2,1-2H3. The van der Waals surface area contributed by atoms with Crippen molar-refractivity contribution in [1.29, 1.82) is 0 Å². The Morgan fingerprint density at radius 2 is 2.33 bits per heavy atom. The molecule has 0 amide bonds. The van der Waals surface area contributed by atoms with Crippen LogP contribution in [0.2, 0.25) is 0 Å². The van der Waals surface area contributed by atoms with E-state index >= 15 is 0 Å². The largest absolute Gasteiger partial charge is 0.158 e. The lowest BCUT2D eigenvalue weighted by atomic mass is 10.0. The van der Waals surface area contributed by atoms with Gasteiger partial charge in [-0.05, 0) is 24.5 Å². The van der Waals surface area contributed by atoms with Gasteiger partial charge in [-0.15, -0.1) is 0 Å². The van der Waals surface area contributed by atoms with Crippen molar-refractivity contribution in [2.24, 2.45) is 5.92 Å². The Kier molecular flexibility index (Phi) is 2.90. The molecule has 0 bridgehead atoms. The molecule has 1 saturated heterocycles. The minimum absolute atomic E-state index is 0.995. The molecule has 0 aromatic heterocycles. The summed E-state index contributed by atoms with van der Waals surface area (Å²) in [5, 5.41) is 0.995. The van der Waals surface area contributed by atoms with Gasteiger partial charge in [0.1, 0.15) is 0 Å². The molecule has 0 aliphatic carbocycles. The maximum Gasteiger partial charge on any atom is 0.00728 e. The van der Waals surface area contributed by atoms with Gasteiger partial charge in [-0.25, -0.2) is 0 Å². The summed E-state index contributed by atoms with van der Waals surface area (Å²) in [6.45, 7) is 4.67. The zero-order valence-electron chi connectivity index (χ0n) is 6.39. The smallest absolute Gasteiger partial charge is 0.00728 e. The zero-order chi connectivity index (χ0) is 6.69. The average Bonchev–Trinajstić information content (AvgIpc) is 2.18. The van der Waals surface area contributed by atoms with Crippen LogP contribution < -0.4 is 0 Å². The fraction of sp³-hybridized carbons (Fsp3) is 1.00. The predicted molar refractivity (Wildman–Crippen MR) is 44.9 cm³/mol. The molecule has 0 aromatic rings. The lowest BCUT2D eigenvalue weighted by Gasteiger charge is -2.11. The Morgan fingerprint density at radius 3 is 2.78 bits per heavy atom. The van der Waals surface area contributed by atoms with Crippen LogP contribution in [0.1, 0.15) is 33.1 Å². The summed E-state index contributed by atoms with van der Waals surface area (Å²) in [7, 11) is 0. The molecule has 0 nitrogen and oxygen atoms in total. The average molecular weight is 144 g/mol. The molecular weight excluding hydrogens is 128 g/mol. The van der Waals surface area contributed by atoms with Crippen LogP contribution in [0.25, 0.3) is 0 Å². The van der Waals surface area contributed by atoms with Crippen LogP contribution in [0.3, 0.4) is 0 Å². The SMILES string of the molecule is CCCC1SCCC1C. The highest BCUT2D eigenvalue weighted by molar-refractivity contribution is 8.00. The molecule has 1 aliphatic rings. The van der Waals surface area contributed by atoms with Gasteiger partial charge in [0.05, 0.1) is 0 Å². The van der Waals surface area contributed by atoms with Gasteiger partial charge in [0.25, 0.3) is 0 Å². The van der Waals surface area contributed by atoms with Crippen molar-refractivity contribution < 1.29 is 0 Å². The van der Waals surface area contributed by atoms with Gasteiger partial charge in [0.2, 0.25) is 0 Å². The third-order valence-corrected chi connectivity index (χ3v) is 3.71. The maximum absolute atomic E-state index is 2.39. The van der Waals surface area contributed by atoms with E-state index in [1.165, 1.54) is 25.0 Å². The second kappa shape index (κ2) is 3.50. The molecule has 54 valence electrons. The van der Waals surface area contributed by atoms with Crippen LogP contribution in [0, 0.1) is 5.92 Å². The van der Waals surface area contributed by atoms with E-state index in [0.717, 1.165) is 11.2 Å². The third-order valence-electron chi connectivity index (χ3n) is 2.11. The normalized spacial score (nSPS) is 35.3. The summed E-state index contributed by atoms with van der Waals surface area (Å²) in [5.41, 5.74) is 0. The topological polar surface area (TPSA) is 0 Å². The fourth-order valence-corrected chi connectivity index (χ4v) is 3.09. The third kappa shape index (κ3) is 1.89. The summed E-state index contributed by atoms with van der Waals surface area (Å²) in [6.07, 6.45) is 4.25. The lowest BCUT2D eigenvalue weighted by molar-refractivity contribution is 0.535. The Morgan fingerprint density at radius 1 is 1.56 bits per heavy atom. The fourth-order valence-electron chi connectivity index (χ4n) is 1.41. The first-order valence-electron chi connectivity index (χ1n) is 3.96. The first-order valence-corrected chi connectivity index (χ1v) is 5.01. The van der Waals surface area contributed by atoms with Gasteiger partial charge in [-0.3, -0.25) is 0 Å². The molecule has 2 unspecified atom stereocenters. The summed E-state index contributed by atoms with van der Waals surface area (Å²) < 4.78 is 0. The molecule has 0 saturated carbocycles. The van der Waals surface area contributed by atoms with Gasteiger partial charge in [0.15, 0.2) is 0 Å². The van der Waals surface area contributed by atoms with E-state index in [1.807, 2.05) is 0 Å². The minimum Gasteiger partial charge on any atom is -0.158 e. The van der Waals surface area contributed by atoms with Crippen molar-refractivity contribution in [1.82, 2.24) is 0 Å². The van der Waals surface area contributed by atoms with Crippen LogP contribution in [-0.4, -0.2) is 11.0 Å². The Bertz CT molecular complexity index is 80.6. The monoisotopic (exact) mass is 144 g/mol.